The predicted molar refractivity (Wildman–Crippen MR) is 72.9 cm³/mol. The van der Waals surface area contributed by atoms with Crippen LogP contribution in [0.25, 0.3) is 0 Å². The van der Waals surface area contributed by atoms with Crippen LogP contribution in [-0.4, -0.2) is 66.7 Å². The number of β-amino-alcohol motifs (C(OH)–C–C–N with tert-alkyl or cyclic N) is 1. The van der Waals surface area contributed by atoms with Crippen molar-refractivity contribution in [2.75, 3.05) is 32.7 Å². The van der Waals surface area contributed by atoms with Gasteiger partial charge in [0.15, 0.2) is 5.76 Å². The van der Waals surface area contributed by atoms with Gasteiger partial charge in [-0.25, -0.2) is 8.42 Å². The van der Waals surface area contributed by atoms with E-state index in [0.717, 1.165) is 0 Å². The normalized spacial score (nSPS) is 20.2. The summed E-state index contributed by atoms with van der Waals surface area (Å²) in [4.78, 5) is 2.24. The van der Waals surface area contributed by atoms with Crippen LogP contribution in [0.15, 0.2) is 9.42 Å². The molecule has 1 aliphatic heterocycles. The number of piperazine rings is 1. The Bertz CT molecular complexity index is 540. The fraction of sp³-hybridized carbons (Fsp3) is 0.750. The van der Waals surface area contributed by atoms with E-state index in [0.29, 0.717) is 44.2 Å². The van der Waals surface area contributed by atoms with Crippen LogP contribution in [-0.2, 0) is 10.0 Å². The molecule has 2 rings (SSSR count). The van der Waals surface area contributed by atoms with Gasteiger partial charge in [-0.3, -0.25) is 4.90 Å². The lowest BCUT2D eigenvalue weighted by atomic mass is 10.3. The third-order valence-electron chi connectivity index (χ3n) is 3.42. The van der Waals surface area contributed by atoms with Crippen molar-refractivity contribution in [3.8, 4) is 0 Å². The molecule has 2 heterocycles. The average Bonchev–Trinajstić information content (AvgIpc) is 2.69. The van der Waals surface area contributed by atoms with Gasteiger partial charge in [0.2, 0.25) is 10.0 Å². The van der Waals surface area contributed by atoms with Crippen molar-refractivity contribution in [1.82, 2.24) is 14.4 Å². The molecule has 1 aliphatic rings. The molecule has 0 spiro atoms. The van der Waals surface area contributed by atoms with Crippen LogP contribution in [0.3, 0.4) is 0 Å². The molecule has 1 aromatic heterocycles. The van der Waals surface area contributed by atoms with Gasteiger partial charge in [-0.05, 0) is 20.8 Å². The van der Waals surface area contributed by atoms with Gasteiger partial charge in [0.25, 0.3) is 0 Å². The summed E-state index contributed by atoms with van der Waals surface area (Å²) in [7, 11) is -3.54. The second kappa shape index (κ2) is 5.80. The Morgan fingerprint density at radius 1 is 1.30 bits per heavy atom. The molecule has 8 heteroatoms. The van der Waals surface area contributed by atoms with Crippen molar-refractivity contribution in [2.24, 2.45) is 0 Å². The lowest BCUT2D eigenvalue weighted by molar-refractivity contribution is 0.103. The van der Waals surface area contributed by atoms with Gasteiger partial charge in [0.1, 0.15) is 10.6 Å². The summed E-state index contributed by atoms with van der Waals surface area (Å²) >= 11 is 0. The first kappa shape index (κ1) is 15.4. The Morgan fingerprint density at radius 2 is 1.90 bits per heavy atom. The number of rotatable bonds is 4. The summed E-state index contributed by atoms with van der Waals surface area (Å²) in [5.41, 5.74) is 0.397. The standard InChI is InChI=1S/C12H21N3O4S/c1-9(16)8-14-4-6-15(7-5-14)20(17,18)12-10(2)13-19-11(12)3/h9,16H,4-8H2,1-3H3. The van der Waals surface area contributed by atoms with Crippen LogP contribution in [0, 0.1) is 13.8 Å². The number of aliphatic hydroxyl groups is 1. The molecule has 1 fully saturated rings. The van der Waals surface area contributed by atoms with Gasteiger partial charge >= 0.3 is 0 Å². The highest BCUT2D eigenvalue weighted by atomic mass is 32.2. The number of aromatic nitrogens is 1. The largest absolute Gasteiger partial charge is 0.392 e. The molecule has 0 amide bonds. The number of sulfonamides is 1. The summed E-state index contributed by atoms with van der Waals surface area (Å²) in [5.74, 6) is 0.328. The first-order valence-corrected chi connectivity index (χ1v) is 8.10. The monoisotopic (exact) mass is 303 g/mol. The minimum Gasteiger partial charge on any atom is -0.392 e. The summed E-state index contributed by atoms with van der Waals surface area (Å²) in [6.45, 7) is 7.61. The van der Waals surface area contributed by atoms with Gasteiger partial charge in [-0.2, -0.15) is 4.31 Å². The number of aryl methyl sites for hydroxylation is 2. The Balaban J connectivity index is 2.10. The summed E-state index contributed by atoms with van der Waals surface area (Å²) in [6, 6.07) is 0. The van der Waals surface area contributed by atoms with Crippen LogP contribution in [0.5, 0.6) is 0 Å². The van der Waals surface area contributed by atoms with Crippen molar-refractivity contribution in [3.63, 3.8) is 0 Å². The number of hydrogen-bond donors (Lipinski definition) is 1. The third-order valence-corrected chi connectivity index (χ3v) is 5.56. The van der Waals surface area contributed by atoms with Gasteiger partial charge in [-0.15, -0.1) is 0 Å². The van der Waals surface area contributed by atoms with Crippen LogP contribution in [0.4, 0.5) is 0 Å². The molecule has 1 N–H and O–H groups in total. The van der Waals surface area contributed by atoms with E-state index in [1.54, 1.807) is 20.8 Å². The molecule has 7 nitrogen and oxygen atoms in total. The first-order chi connectivity index (χ1) is 9.32. The Hall–Kier alpha value is -0.960. The molecule has 1 unspecified atom stereocenters. The second-order valence-corrected chi connectivity index (χ2v) is 7.08. The fourth-order valence-corrected chi connectivity index (χ4v) is 4.21. The number of hydrogen-bond acceptors (Lipinski definition) is 6. The third kappa shape index (κ3) is 3.03. The molecule has 0 saturated carbocycles. The Labute approximate surface area is 119 Å². The highest BCUT2D eigenvalue weighted by Crippen LogP contribution is 2.24. The van der Waals surface area contributed by atoms with Crippen LogP contribution in [0.1, 0.15) is 18.4 Å². The highest BCUT2D eigenvalue weighted by molar-refractivity contribution is 7.89. The zero-order valence-corrected chi connectivity index (χ0v) is 12.9. The van der Waals surface area contributed by atoms with Crippen molar-refractivity contribution in [3.05, 3.63) is 11.5 Å². The van der Waals surface area contributed by atoms with Crippen molar-refractivity contribution < 1.29 is 18.0 Å². The summed E-state index contributed by atoms with van der Waals surface area (Å²) in [5, 5.41) is 13.1. The molecule has 0 aromatic carbocycles. The molecule has 114 valence electrons. The Morgan fingerprint density at radius 3 is 2.35 bits per heavy atom. The number of aliphatic hydroxyl groups excluding tert-OH is 1. The Kier molecular flexibility index (Phi) is 4.48. The molecule has 20 heavy (non-hydrogen) atoms. The predicted octanol–water partition coefficient (Wildman–Crippen LogP) is -0.0215. The molecule has 1 atom stereocenters. The lowest BCUT2D eigenvalue weighted by Gasteiger charge is -2.34. The molecule has 1 aromatic rings. The fourth-order valence-electron chi connectivity index (χ4n) is 2.50. The maximum Gasteiger partial charge on any atom is 0.248 e. The summed E-state index contributed by atoms with van der Waals surface area (Å²) in [6.07, 6.45) is -0.402. The van der Waals surface area contributed by atoms with Gasteiger partial charge < -0.3 is 9.63 Å². The van der Waals surface area contributed by atoms with Crippen LogP contribution >= 0.6 is 0 Å². The van der Waals surface area contributed by atoms with E-state index in [1.807, 2.05) is 0 Å². The highest BCUT2D eigenvalue weighted by Gasteiger charge is 2.33. The molecular formula is C12H21N3O4S. The number of nitrogens with zero attached hydrogens (tertiary/aromatic N) is 3. The first-order valence-electron chi connectivity index (χ1n) is 6.66. The van der Waals surface area contributed by atoms with E-state index in [-0.39, 0.29) is 4.90 Å². The van der Waals surface area contributed by atoms with Crippen molar-refractivity contribution >= 4 is 10.0 Å². The van der Waals surface area contributed by atoms with E-state index in [2.05, 4.69) is 10.1 Å². The van der Waals surface area contributed by atoms with Crippen LogP contribution < -0.4 is 0 Å². The van der Waals surface area contributed by atoms with E-state index in [9.17, 15) is 13.5 Å². The zero-order chi connectivity index (χ0) is 14.9. The smallest absolute Gasteiger partial charge is 0.248 e. The molecule has 0 bridgehead atoms. The molecule has 1 saturated heterocycles. The minimum atomic E-state index is -3.54. The molecular weight excluding hydrogens is 282 g/mol. The maximum atomic E-state index is 12.6. The van der Waals surface area contributed by atoms with E-state index in [4.69, 9.17) is 4.52 Å². The minimum absolute atomic E-state index is 0.182. The molecule has 0 aliphatic carbocycles. The van der Waals surface area contributed by atoms with Crippen LogP contribution in [0.2, 0.25) is 0 Å². The van der Waals surface area contributed by atoms with Crippen molar-refractivity contribution in [1.29, 1.82) is 0 Å². The maximum absolute atomic E-state index is 12.6. The lowest BCUT2D eigenvalue weighted by Crippen LogP contribution is -2.50. The van der Waals surface area contributed by atoms with E-state index in [1.165, 1.54) is 4.31 Å². The van der Waals surface area contributed by atoms with E-state index < -0.39 is 16.1 Å². The van der Waals surface area contributed by atoms with Gasteiger partial charge in [0, 0.05) is 32.7 Å². The SMILES string of the molecule is Cc1noc(C)c1S(=O)(=O)N1CCN(CC(C)O)CC1. The van der Waals surface area contributed by atoms with Gasteiger partial charge in [0.05, 0.1) is 6.10 Å². The zero-order valence-electron chi connectivity index (χ0n) is 12.0. The quantitative estimate of drug-likeness (QED) is 0.841. The molecule has 0 radical (unpaired) electrons. The second-order valence-electron chi connectivity index (χ2n) is 5.21. The van der Waals surface area contributed by atoms with Gasteiger partial charge in [-0.1, -0.05) is 5.16 Å². The summed E-state index contributed by atoms with van der Waals surface area (Å²) < 4.78 is 31.6. The average molecular weight is 303 g/mol. The van der Waals surface area contributed by atoms with E-state index >= 15 is 0 Å². The topological polar surface area (TPSA) is 86.9 Å². The van der Waals surface area contributed by atoms with Crippen molar-refractivity contribution in [2.45, 2.75) is 31.8 Å².